The van der Waals surface area contributed by atoms with Crippen LogP contribution in [-0.4, -0.2) is 49.3 Å². The van der Waals surface area contributed by atoms with Gasteiger partial charge in [-0.05, 0) is 51.4 Å². The lowest BCUT2D eigenvalue weighted by Crippen LogP contribution is -2.29. The summed E-state index contributed by atoms with van der Waals surface area (Å²) in [7, 11) is -4.37. The molecule has 0 saturated carbocycles. The molecule has 0 heterocycles. The van der Waals surface area contributed by atoms with E-state index in [1.54, 1.807) is 0 Å². The quantitative estimate of drug-likeness (QED) is 0.0294. The second-order valence-electron chi connectivity index (χ2n) is 12.1. The average Bonchev–Trinajstić information content (AvgIpc) is 3.05. The van der Waals surface area contributed by atoms with Crippen molar-refractivity contribution < 1.29 is 37.6 Å². The lowest BCUT2D eigenvalue weighted by molar-refractivity contribution is -0.161. The highest BCUT2D eigenvalue weighted by Gasteiger charge is 2.25. The van der Waals surface area contributed by atoms with Crippen LogP contribution in [-0.2, 0) is 32.7 Å². The summed E-state index contributed by atoms with van der Waals surface area (Å²) in [6.07, 6.45) is 34.6. The van der Waals surface area contributed by atoms with Gasteiger partial charge in [0.15, 0.2) is 6.10 Å². The van der Waals surface area contributed by atoms with Crippen LogP contribution in [0.1, 0.15) is 155 Å². The van der Waals surface area contributed by atoms with Gasteiger partial charge in [0.1, 0.15) is 6.61 Å². The van der Waals surface area contributed by atoms with Crippen LogP contribution in [0.5, 0.6) is 0 Å². The third kappa shape index (κ3) is 33.9. The summed E-state index contributed by atoms with van der Waals surface area (Å²) >= 11 is 0. The van der Waals surface area contributed by atoms with Crippen molar-refractivity contribution in [3.63, 3.8) is 0 Å². The molecule has 0 aromatic heterocycles. The van der Waals surface area contributed by atoms with E-state index < -0.39 is 32.5 Å². The first-order valence-electron chi connectivity index (χ1n) is 18.5. The zero-order valence-electron chi connectivity index (χ0n) is 29.8. The first-order chi connectivity index (χ1) is 22.8. The number of hydrogen-bond donors (Lipinski definition) is 2. The van der Waals surface area contributed by atoms with E-state index in [0.717, 1.165) is 57.8 Å². The van der Waals surface area contributed by atoms with E-state index in [1.807, 2.05) is 0 Å². The maximum Gasteiger partial charge on any atom is 0.472 e. The summed E-state index contributed by atoms with van der Waals surface area (Å²) in [6.45, 7) is 3.63. The molecule has 0 amide bonds. The number of carbonyl (C=O) groups excluding carboxylic acids is 2. The molecule has 0 saturated heterocycles. The van der Waals surface area contributed by atoms with Gasteiger partial charge in [0.05, 0.1) is 13.2 Å². The van der Waals surface area contributed by atoms with Gasteiger partial charge in [0.25, 0.3) is 0 Å². The standard InChI is InChI=1S/C37H68NO8P/c1-3-5-7-9-11-13-14-15-16-17-18-19-20-22-24-26-28-30-37(40)46-35(34-45-47(41,42)44-32-31-38)33-43-36(39)29-27-25-23-21-12-10-8-6-4-2/h11,13,15-16,18-19,35H,3-10,12,14,17,20-34,38H2,1-2H3,(H,41,42)/b13-11-,16-15-,19-18-/t35-/m1/s1. The topological polar surface area (TPSA) is 134 Å². The van der Waals surface area contributed by atoms with E-state index in [-0.39, 0.29) is 32.6 Å². The van der Waals surface area contributed by atoms with E-state index in [4.69, 9.17) is 24.3 Å². The lowest BCUT2D eigenvalue weighted by Gasteiger charge is -2.19. The van der Waals surface area contributed by atoms with Crippen molar-refractivity contribution in [2.24, 2.45) is 5.73 Å². The van der Waals surface area contributed by atoms with Crippen LogP contribution < -0.4 is 5.73 Å². The molecule has 10 heteroatoms. The summed E-state index contributed by atoms with van der Waals surface area (Å²) in [5, 5.41) is 0. The zero-order valence-corrected chi connectivity index (χ0v) is 30.7. The van der Waals surface area contributed by atoms with Crippen molar-refractivity contribution in [2.75, 3.05) is 26.4 Å². The van der Waals surface area contributed by atoms with Crippen molar-refractivity contribution in [3.05, 3.63) is 36.5 Å². The molecule has 274 valence electrons. The van der Waals surface area contributed by atoms with E-state index in [1.165, 1.54) is 64.2 Å². The van der Waals surface area contributed by atoms with Crippen molar-refractivity contribution in [1.29, 1.82) is 0 Å². The first kappa shape index (κ1) is 45.2. The average molecular weight is 686 g/mol. The Morgan fingerprint density at radius 3 is 1.68 bits per heavy atom. The summed E-state index contributed by atoms with van der Waals surface area (Å²) in [5.74, 6) is -0.859. The van der Waals surface area contributed by atoms with Gasteiger partial charge in [-0.25, -0.2) is 4.57 Å². The van der Waals surface area contributed by atoms with Gasteiger partial charge in [0.2, 0.25) is 0 Å². The van der Waals surface area contributed by atoms with Gasteiger partial charge in [-0.1, -0.05) is 127 Å². The molecule has 0 rings (SSSR count). The van der Waals surface area contributed by atoms with Crippen LogP contribution in [0.2, 0.25) is 0 Å². The molecule has 47 heavy (non-hydrogen) atoms. The number of rotatable bonds is 34. The molecule has 0 aliphatic carbocycles. The minimum atomic E-state index is -4.37. The molecule has 0 spiro atoms. The van der Waals surface area contributed by atoms with Crippen molar-refractivity contribution in [2.45, 2.75) is 161 Å². The largest absolute Gasteiger partial charge is 0.472 e. The molecule has 1 unspecified atom stereocenters. The molecular formula is C37H68NO8P. The Balaban J connectivity index is 4.27. The Bertz CT molecular complexity index is 876. The SMILES string of the molecule is CCCCC/C=C\C/C=C\C/C=C\CCCCCCC(=O)O[C@H](COC(=O)CCCCCCCCCCC)COP(=O)(O)OCCN. The minimum absolute atomic E-state index is 0.0494. The fourth-order valence-electron chi connectivity index (χ4n) is 4.76. The molecule has 0 aliphatic heterocycles. The van der Waals surface area contributed by atoms with Crippen LogP contribution in [0, 0.1) is 0 Å². The van der Waals surface area contributed by atoms with Crippen LogP contribution in [0.15, 0.2) is 36.5 Å². The number of ether oxygens (including phenoxy) is 2. The highest BCUT2D eigenvalue weighted by atomic mass is 31.2. The van der Waals surface area contributed by atoms with E-state index in [9.17, 15) is 19.0 Å². The molecule has 0 bridgehead atoms. The highest BCUT2D eigenvalue weighted by molar-refractivity contribution is 7.47. The minimum Gasteiger partial charge on any atom is -0.462 e. The number of allylic oxidation sites excluding steroid dienone is 6. The normalized spacial score (nSPS) is 13.9. The van der Waals surface area contributed by atoms with Gasteiger partial charge < -0.3 is 20.1 Å². The molecule has 0 radical (unpaired) electrons. The molecule has 3 N–H and O–H groups in total. The van der Waals surface area contributed by atoms with E-state index in [0.29, 0.717) is 6.42 Å². The van der Waals surface area contributed by atoms with E-state index in [2.05, 4.69) is 50.3 Å². The molecule has 0 aromatic carbocycles. The molecule has 0 aromatic rings. The second kappa shape index (κ2) is 34.1. The number of carbonyl (C=O) groups is 2. The van der Waals surface area contributed by atoms with Gasteiger partial charge in [-0.15, -0.1) is 0 Å². The number of phosphoric acid groups is 1. The van der Waals surface area contributed by atoms with Gasteiger partial charge in [-0.3, -0.25) is 18.6 Å². The third-order valence-corrected chi connectivity index (χ3v) is 8.51. The predicted octanol–water partition coefficient (Wildman–Crippen LogP) is 9.82. The van der Waals surface area contributed by atoms with Gasteiger partial charge in [0, 0.05) is 19.4 Å². The van der Waals surface area contributed by atoms with Crippen molar-refractivity contribution in [1.82, 2.24) is 0 Å². The maximum atomic E-state index is 12.5. The number of nitrogens with two attached hydrogens (primary N) is 1. The predicted molar refractivity (Wildman–Crippen MR) is 192 cm³/mol. The van der Waals surface area contributed by atoms with Gasteiger partial charge in [-0.2, -0.15) is 0 Å². The Hall–Kier alpha value is -1.77. The number of unbranched alkanes of at least 4 members (excludes halogenated alkanes) is 15. The monoisotopic (exact) mass is 685 g/mol. The van der Waals surface area contributed by atoms with E-state index >= 15 is 0 Å². The van der Waals surface area contributed by atoms with Crippen LogP contribution in [0.4, 0.5) is 0 Å². The number of esters is 2. The molecule has 2 atom stereocenters. The lowest BCUT2D eigenvalue weighted by atomic mass is 10.1. The zero-order chi connectivity index (χ0) is 34.7. The fraction of sp³-hybridized carbons (Fsp3) is 0.784. The highest BCUT2D eigenvalue weighted by Crippen LogP contribution is 2.43. The Morgan fingerprint density at radius 1 is 0.638 bits per heavy atom. The Kier molecular flexibility index (Phi) is 32.8. The Labute approximate surface area is 286 Å². The molecule has 0 aliphatic rings. The van der Waals surface area contributed by atoms with Crippen molar-refractivity contribution in [3.8, 4) is 0 Å². The Morgan fingerprint density at radius 2 is 1.11 bits per heavy atom. The number of hydrogen-bond acceptors (Lipinski definition) is 8. The van der Waals surface area contributed by atoms with Crippen molar-refractivity contribution >= 4 is 19.8 Å². The van der Waals surface area contributed by atoms with Gasteiger partial charge >= 0.3 is 19.8 Å². The summed E-state index contributed by atoms with van der Waals surface area (Å²) in [4.78, 5) is 34.6. The maximum absolute atomic E-state index is 12.5. The number of phosphoric ester groups is 1. The summed E-state index contributed by atoms with van der Waals surface area (Å²) in [5.41, 5.74) is 5.32. The summed E-state index contributed by atoms with van der Waals surface area (Å²) in [6, 6.07) is 0. The molecule has 0 fully saturated rings. The molecular weight excluding hydrogens is 617 g/mol. The fourth-order valence-corrected chi connectivity index (χ4v) is 5.52. The smallest absolute Gasteiger partial charge is 0.462 e. The van der Waals surface area contributed by atoms with Crippen LogP contribution >= 0.6 is 7.82 Å². The summed E-state index contributed by atoms with van der Waals surface area (Å²) < 4.78 is 32.5. The van der Waals surface area contributed by atoms with Crippen LogP contribution in [0.25, 0.3) is 0 Å². The second-order valence-corrected chi connectivity index (χ2v) is 13.5. The van der Waals surface area contributed by atoms with Crippen LogP contribution in [0.3, 0.4) is 0 Å². The third-order valence-electron chi connectivity index (χ3n) is 7.53. The molecule has 9 nitrogen and oxygen atoms in total. The first-order valence-corrected chi connectivity index (χ1v) is 20.0.